The normalized spacial score (nSPS) is 30.8. The van der Waals surface area contributed by atoms with Gasteiger partial charge in [0, 0.05) is 6.04 Å². The molecule has 2 aliphatic carbocycles. The first-order valence-electron chi connectivity index (χ1n) is 7.30. The lowest BCUT2D eigenvalue weighted by atomic mass is 9.84. The highest BCUT2D eigenvalue weighted by Crippen LogP contribution is 2.49. The first-order valence-corrected chi connectivity index (χ1v) is 8.79. The zero-order chi connectivity index (χ0) is 14.3. The third kappa shape index (κ3) is 2.52. The predicted octanol–water partition coefficient (Wildman–Crippen LogP) is 1.84. The summed E-state index contributed by atoms with van der Waals surface area (Å²) in [6.07, 6.45) is 4.99. The van der Waals surface area contributed by atoms with Gasteiger partial charge < -0.3 is 10.2 Å². The van der Waals surface area contributed by atoms with Crippen molar-refractivity contribution >= 4 is 10.0 Å². The minimum absolute atomic E-state index is 0.0343. The maximum atomic E-state index is 12.3. The Balaban J connectivity index is 1.69. The second kappa shape index (κ2) is 5.16. The third-order valence-electron chi connectivity index (χ3n) is 4.88. The minimum atomic E-state index is -3.58. The highest BCUT2D eigenvalue weighted by Gasteiger charge is 2.42. The zero-order valence-electron chi connectivity index (χ0n) is 11.7. The second-order valence-electron chi connectivity index (χ2n) is 6.17. The minimum Gasteiger partial charge on any atom is -0.447 e. The van der Waals surface area contributed by atoms with Crippen LogP contribution < -0.4 is 10.5 Å². The van der Waals surface area contributed by atoms with Gasteiger partial charge in [-0.05, 0) is 56.1 Å². The number of nitrogens with two attached hydrogens (primary N) is 1. The molecule has 20 heavy (non-hydrogen) atoms. The summed E-state index contributed by atoms with van der Waals surface area (Å²) in [5, 5.41) is -0.0343. The van der Waals surface area contributed by atoms with E-state index < -0.39 is 10.0 Å². The Morgan fingerprint density at radius 1 is 1.40 bits per heavy atom. The van der Waals surface area contributed by atoms with Gasteiger partial charge in [-0.3, -0.25) is 0 Å². The predicted molar refractivity (Wildman–Crippen MR) is 75.3 cm³/mol. The van der Waals surface area contributed by atoms with Crippen molar-refractivity contribution in [3.8, 4) is 0 Å². The molecular weight excluding hydrogens is 276 g/mol. The van der Waals surface area contributed by atoms with E-state index in [9.17, 15) is 8.42 Å². The Labute approximate surface area is 120 Å². The molecule has 2 bridgehead atoms. The molecule has 0 aromatic carbocycles. The van der Waals surface area contributed by atoms with Gasteiger partial charge in [-0.2, -0.15) is 0 Å². The molecule has 112 valence electrons. The summed E-state index contributed by atoms with van der Waals surface area (Å²) in [5.74, 6) is 2.45. The Morgan fingerprint density at radius 3 is 2.75 bits per heavy atom. The number of furan rings is 1. The van der Waals surface area contributed by atoms with Gasteiger partial charge in [0.25, 0.3) is 10.0 Å². The van der Waals surface area contributed by atoms with E-state index in [0.29, 0.717) is 17.6 Å². The molecule has 3 rings (SSSR count). The second-order valence-corrected chi connectivity index (χ2v) is 7.82. The highest BCUT2D eigenvalue weighted by atomic mass is 32.2. The number of sulfonamides is 1. The molecule has 4 atom stereocenters. The van der Waals surface area contributed by atoms with Crippen molar-refractivity contribution in [1.82, 2.24) is 4.72 Å². The van der Waals surface area contributed by atoms with E-state index >= 15 is 0 Å². The molecule has 2 fully saturated rings. The van der Waals surface area contributed by atoms with Crippen LogP contribution in [0.4, 0.5) is 0 Å². The third-order valence-corrected chi connectivity index (χ3v) is 6.31. The Morgan fingerprint density at radius 2 is 2.20 bits per heavy atom. The van der Waals surface area contributed by atoms with Gasteiger partial charge in [-0.15, -0.1) is 0 Å². The van der Waals surface area contributed by atoms with E-state index in [2.05, 4.69) is 4.72 Å². The average Bonchev–Trinajstić information content (AvgIpc) is 3.13. The summed E-state index contributed by atoms with van der Waals surface area (Å²) < 4.78 is 32.6. The molecule has 4 unspecified atom stereocenters. The molecular formula is C14H22N2O3S. The van der Waals surface area contributed by atoms with Crippen LogP contribution >= 0.6 is 0 Å². The summed E-state index contributed by atoms with van der Waals surface area (Å²) in [5.41, 5.74) is 5.44. The van der Waals surface area contributed by atoms with Crippen molar-refractivity contribution in [2.45, 2.75) is 50.3 Å². The van der Waals surface area contributed by atoms with Crippen LogP contribution in [0.2, 0.25) is 0 Å². The molecule has 2 aliphatic rings. The van der Waals surface area contributed by atoms with Gasteiger partial charge in [0.05, 0.1) is 6.54 Å². The first kappa shape index (κ1) is 14.1. The van der Waals surface area contributed by atoms with Crippen LogP contribution in [0.15, 0.2) is 21.6 Å². The summed E-state index contributed by atoms with van der Waals surface area (Å²) >= 11 is 0. The van der Waals surface area contributed by atoms with Crippen LogP contribution in [0, 0.1) is 17.8 Å². The number of nitrogens with one attached hydrogen (secondary N) is 1. The molecule has 0 saturated heterocycles. The van der Waals surface area contributed by atoms with E-state index in [0.717, 1.165) is 12.3 Å². The van der Waals surface area contributed by atoms with Crippen LogP contribution in [0.5, 0.6) is 0 Å². The van der Waals surface area contributed by atoms with Crippen LogP contribution in [0.1, 0.15) is 38.4 Å². The number of fused-ring (bicyclic) bond motifs is 2. The van der Waals surface area contributed by atoms with Gasteiger partial charge in [0.2, 0.25) is 5.09 Å². The number of rotatable bonds is 5. The molecule has 0 amide bonds. The molecule has 0 spiro atoms. The topological polar surface area (TPSA) is 85.3 Å². The van der Waals surface area contributed by atoms with Gasteiger partial charge in [0.15, 0.2) is 0 Å². The fourth-order valence-electron chi connectivity index (χ4n) is 3.91. The standard InChI is InChI=1S/C14H22N2O3S/c1-9(13-7-10-2-3-11(13)6-10)16-20(17,18)14-5-4-12(8-15)19-14/h4-5,9-11,13,16H,2-3,6-8,15H2,1H3. The smallest absolute Gasteiger partial charge is 0.274 e. The Kier molecular flexibility index (Phi) is 3.64. The molecule has 5 nitrogen and oxygen atoms in total. The summed E-state index contributed by atoms with van der Waals surface area (Å²) in [7, 11) is -3.58. The lowest BCUT2D eigenvalue weighted by Crippen LogP contribution is -2.39. The largest absolute Gasteiger partial charge is 0.447 e. The molecule has 0 radical (unpaired) electrons. The fourth-order valence-corrected chi connectivity index (χ4v) is 5.15. The highest BCUT2D eigenvalue weighted by molar-refractivity contribution is 7.89. The van der Waals surface area contributed by atoms with E-state index in [1.807, 2.05) is 6.92 Å². The molecule has 2 saturated carbocycles. The maximum absolute atomic E-state index is 12.3. The van der Waals surface area contributed by atoms with Gasteiger partial charge >= 0.3 is 0 Å². The molecule has 1 heterocycles. The van der Waals surface area contributed by atoms with Crippen molar-refractivity contribution in [3.05, 3.63) is 17.9 Å². The van der Waals surface area contributed by atoms with Crippen molar-refractivity contribution in [3.63, 3.8) is 0 Å². The van der Waals surface area contributed by atoms with Crippen molar-refractivity contribution in [2.24, 2.45) is 23.5 Å². The van der Waals surface area contributed by atoms with Crippen LogP contribution in [-0.4, -0.2) is 14.5 Å². The molecule has 1 aromatic heterocycles. The first-order chi connectivity index (χ1) is 9.49. The average molecular weight is 298 g/mol. The van der Waals surface area contributed by atoms with Crippen LogP contribution in [-0.2, 0) is 16.6 Å². The van der Waals surface area contributed by atoms with E-state index in [1.54, 1.807) is 6.07 Å². The zero-order valence-corrected chi connectivity index (χ0v) is 12.5. The lowest BCUT2D eigenvalue weighted by molar-refractivity contribution is 0.278. The SMILES string of the molecule is CC(NS(=O)(=O)c1ccc(CN)o1)C1CC2CCC1C2. The lowest BCUT2D eigenvalue weighted by Gasteiger charge is -2.27. The van der Waals surface area contributed by atoms with Gasteiger partial charge in [0.1, 0.15) is 5.76 Å². The quantitative estimate of drug-likeness (QED) is 0.868. The Bertz CT molecular complexity index is 581. The molecule has 0 aliphatic heterocycles. The van der Waals surface area contributed by atoms with Crippen LogP contribution in [0.25, 0.3) is 0 Å². The fraction of sp³-hybridized carbons (Fsp3) is 0.714. The summed E-state index contributed by atoms with van der Waals surface area (Å²) in [6, 6.07) is 3.04. The number of hydrogen-bond acceptors (Lipinski definition) is 4. The maximum Gasteiger partial charge on any atom is 0.274 e. The summed E-state index contributed by atoms with van der Waals surface area (Å²) in [4.78, 5) is 0. The van der Waals surface area contributed by atoms with E-state index in [-0.39, 0.29) is 17.7 Å². The monoisotopic (exact) mass is 298 g/mol. The summed E-state index contributed by atoms with van der Waals surface area (Å²) in [6.45, 7) is 2.17. The molecule has 1 aromatic rings. The van der Waals surface area contributed by atoms with Crippen molar-refractivity contribution in [1.29, 1.82) is 0 Å². The molecule has 3 N–H and O–H groups in total. The van der Waals surface area contributed by atoms with Crippen LogP contribution in [0.3, 0.4) is 0 Å². The Hall–Kier alpha value is -0.850. The van der Waals surface area contributed by atoms with Crippen molar-refractivity contribution < 1.29 is 12.8 Å². The number of hydrogen-bond donors (Lipinski definition) is 2. The molecule has 6 heteroatoms. The van der Waals surface area contributed by atoms with E-state index in [4.69, 9.17) is 10.2 Å². The van der Waals surface area contributed by atoms with Gasteiger partial charge in [-0.1, -0.05) is 6.42 Å². The van der Waals surface area contributed by atoms with Gasteiger partial charge in [-0.25, -0.2) is 13.1 Å². The van der Waals surface area contributed by atoms with E-state index in [1.165, 1.54) is 25.3 Å². The van der Waals surface area contributed by atoms with Crippen molar-refractivity contribution in [2.75, 3.05) is 0 Å².